The van der Waals surface area contributed by atoms with E-state index in [-0.39, 0.29) is 5.92 Å². The van der Waals surface area contributed by atoms with Crippen LogP contribution in [-0.4, -0.2) is 32.7 Å². The molecule has 1 atom stereocenters. The van der Waals surface area contributed by atoms with E-state index in [4.69, 9.17) is 4.43 Å². The summed E-state index contributed by atoms with van der Waals surface area (Å²) in [6.07, 6.45) is 1.21. The van der Waals surface area contributed by atoms with Crippen LogP contribution in [0.2, 0.25) is 19.1 Å². The Hall–Kier alpha value is 0.197. The third-order valence-corrected chi connectivity index (χ3v) is 6.66. The molecule has 0 aromatic carbocycles. The summed E-state index contributed by atoms with van der Waals surface area (Å²) in [6.45, 7) is 8.17. The van der Waals surface area contributed by atoms with Gasteiger partial charge in [0.25, 0.3) is 0 Å². The molecule has 0 bridgehead atoms. The first-order valence-corrected chi connectivity index (χ1v) is 9.79. The Bertz CT molecular complexity index is 195. The molecule has 0 aromatic heterocycles. The Kier molecular flexibility index (Phi) is 7.56. The maximum Gasteiger partial charge on any atom is 0.186 e. The lowest BCUT2D eigenvalue weighted by molar-refractivity contribution is -0.119. The maximum absolute atomic E-state index is 11.0. The molecular weight excluding hydrogens is 224 g/mol. The average molecular weight is 248 g/mol. The van der Waals surface area contributed by atoms with E-state index in [1.807, 2.05) is 25.8 Å². The van der Waals surface area contributed by atoms with Crippen LogP contribution in [0.4, 0.5) is 0 Å². The van der Waals surface area contributed by atoms with Crippen LogP contribution in [0.1, 0.15) is 20.3 Å². The molecule has 0 saturated carbocycles. The normalized spacial score (nSPS) is 13.9. The number of Topliss-reactive ketones (excluding diaryl/α,β-unsaturated/α-hetero) is 1. The van der Waals surface area contributed by atoms with E-state index >= 15 is 0 Å². The topological polar surface area (TPSA) is 26.3 Å². The summed E-state index contributed by atoms with van der Waals surface area (Å²) in [6, 6.07) is 1.21. The van der Waals surface area contributed by atoms with Crippen molar-refractivity contribution in [3.05, 3.63) is 0 Å². The van der Waals surface area contributed by atoms with Crippen molar-refractivity contribution in [2.24, 2.45) is 5.92 Å². The molecule has 0 fully saturated rings. The second kappa shape index (κ2) is 7.47. The first-order valence-electron chi connectivity index (χ1n) is 5.52. The number of rotatable bonds is 8. The number of carbonyl (C=O) groups is 1. The monoisotopic (exact) mass is 248 g/mol. The number of hydrogen-bond donors (Lipinski definition) is 0. The summed E-state index contributed by atoms with van der Waals surface area (Å²) in [5, 5.41) is 0. The van der Waals surface area contributed by atoms with Crippen LogP contribution >= 0.6 is 11.8 Å². The van der Waals surface area contributed by atoms with Crippen LogP contribution in [0.15, 0.2) is 0 Å². The first kappa shape index (κ1) is 15.2. The largest absolute Gasteiger partial charge is 0.420 e. The van der Waals surface area contributed by atoms with Crippen molar-refractivity contribution in [3.63, 3.8) is 0 Å². The van der Waals surface area contributed by atoms with Crippen LogP contribution in [0.5, 0.6) is 0 Å². The lowest BCUT2D eigenvalue weighted by Crippen LogP contribution is -2.28. The van der Waals surface area contributed by atoms with Gasteiger partial charge in [0.05, 0.1) is 0 Å². The fourth-order valence-corrected chi connectivity index (χ4v) is 3.67. The molecule has 0 spiro atoms. The molecule has 1 unspecified atom stereocenters. The molecule has 15 heavy (non-hydrogen) atoms. The van der Waals surface area contributed by atoms with Crippen LogP contribution in [0, 0.1) is 5.92 Å². The standard InChI is InChI=1S/C11H24O2SSi/c1-10(11(2)12)9-14-7-6-8-15(4,5)13-3/h10H,6-9H2,1-5H3. The number of carbonyl (C=O) groups excluding carboxylic acids is 1. The van der Waals surface area contributed by atoms with Gasteiger partial charge < -0.3 is 4.43 Å². The van der Waals surface area contributed by atoms with Gasteiger partial charge in [-0.1, -0.05) is 6.92 Å². The third kappa shape index (κ3) is 8.05. The molecule has 0 amide bonds. The van der Waals surface area contributed by atoms with Crippen molar-refractivity contribution < 1.29 is 9.22 Å². The minimum atomic E-state index is -1.36. The van der Waals surface area contributed by atoms with E-state index in [1.54, 1.807) is 6.92 Å². The third-order valence-electron chi connectivity index (χ3n) is 2.68. The molecule has 0 aliphatic carbocycles. The Morgan fingerprint density at radius 2 is 2.07 bits per heavy atom. The van der Waals surface area contributed by atoms with Crippen LogP contribution < -0.4 is 0 Å². The first-order chi connectivity index (χ1) is 6.89. The summed E-state index contributed by atoms with van der Waals surface area (Å²) in [7, 11) is 0.460. The van der Waals surface area contributed by atoms with Crippen molar-refractivity contribution in [2.45, 2.75) is 39.4 Å². The molecule has 4 heteroatoms. The van der Waals surface area contributed by atoms with Crippen molar-refractivity contribution in [3.8, 4) is 0 Å². The highest BCUT2D eigenvalue weighted by atomic mass is 32.2. The van der Waals surface area contributed by atoms with E-state index in [9.17, 15) is 4.79 Å². The van der Waals surface area contributed by atoms with E-state index in [2.05, 4.69) is 13.1 Å². The van der Waals surface area contributed by atoms with Gasteiger partial charge in [-0.15, -0.1) is 0 Å². The molecule has 0 radical (unpaired) electrons. The smallest absolute Gasteiger partial charge is 0.186 e. The van der Waals surface area contributed by atoms with Crippen molar-refractivity contribution in [2.75, 3.05) is 18.6 Å². The highest BCUT2D eigenvalue weighted by Gasteiger charge is 2.19. The molecule has 0 aliphatic rings. The Morgan fingerprint density at radius 3 is 2.53 bits per heavy atom. The molecule has 90 valence electrons. The van der Waals surface area contributed by atoms with Crippen LogP contribution in [-0.2, 0) is 9.22 Å². The lowest BCUT2D eigenvalue weighted by Gasteiger charge is -2.19. The zero-order chi connectivity index (χ0) is 11.9. The Labute approximate surface area is 99.3 Å². The number of ketones is 1. The number of thioether (sulfide) groups is 1. The minimum Gasteiger partial charge on any atom is -0.420 e. The maximum atomic E-state index is 11.0. The van der Waals surface area contributed by atoms with E-state index < -0.39 is 8.32 Å². The Balaban J connectivity index is 3.44. The van der Waals surface area contributed by atoms with Crippen molar-refractivity contribution >= 4 is 25.9 Å². The van der Waals surface area contributed by atoms with Gasteiger partial charge in [-0.3, -0.25) is 4.79 Å². The summed E-state index contributed by atoms with van der Waals surface area (Å²) in [4.78, 5) is 11.0. The fraction of sp³-hybridized carbons (Fsp3) is 0.909. The summed E-state index contributed by atoms with van der Waals surface area (Å²) in [5.41, 5.74) is 0. The van der Waals surface area contributed by atoms with E-state index in [0.717, 1.165) is 11.5 Å². The average Bonchev–Trinajstić information content (AvgIpc) is 2.16. The minimum absolute atomic E-state index is 0.211. The highest BCUT2D eigenvalue weighted by molar-refractivity contribution is 7.99. The molecule has 0 aliphatic heterocycles. The van der Waals surface area contributed by atoms with Crippen molar-refractivity contribution in [1.29, 1.82) is 0 Å². The molecule has 0 N–H and O–H groups in total. The van der Waals surface area contributed by atoms with Gasteiger partial charge >= 0.3 is 0 Å². The second-order valence-corrected chi connectivity index (χ2v) is 10.2. The zero-order valence-corrected chi connectivity index (χ0v) is 12.4. The zero-order valence-electron chi connectivity index (χ0n) is 10.6. The molecular formula is C11H24O2SSi. The van der Waals surface area contributed by atoms with Crippen LogP contribution in [0.3, 0.4) is 0 Å². The molecule has 0 heterocycles. The lowest BCUT2D eigenvalue weighted by atomic mass is 10.1. The molecule has 2 nitrogen and oxygen atoms in total. The van der Waals surface area contributed by atoms with Gasteiger partial charge in [0.1, 0.15) is 5.78 Å². The predicted molar refractivity (Wildman–Crippen MR) is 71.1 cm³/mol. The molecule has 0 aromatic rings. The van der Waals surface area contributed by atoms with Gasteiger partial charge in [0.15, 0.2) is 8.32 Å². The van der Waals surface area contributed by atoms with Gasteiger partial charge in [-0.25, -0.2) is 0 Å². The van der Waals surface area contributed by atoms with Gasteiger partial charge in [0.2, 0.25) is 0 Å². The van der Waals surface area contributed by atoms with Gasteiger partial charge in [-0.05, 0) is 38.2 Å². The summed E-state index contributed by atoms with van der Waals surface area (Å²) < 4.78 is 5.48. The Morgan fingerprint density at radius 1 is 1.47 bits per heavy atom. The molecule has 0 saturated heterocycles. The number of hydrogen-bond acceptors (Lipinski definition) is 3. The predicted octanol–water partition coefficient (Wildman–Crippen LogP) is 3.19. The van der Waals surface area contributed by atoms with E-state index in [0.29, 0.717) is 5.78 Å². The summed E-state index contributed by atoms with van der Waals surface area (Å²) >= 11 is 1.89. The second-order valence-electron chi connectivity index (χ2n) is 4.65. The van der Waals surface area contributed by atoms with Gasteiger partial charge in [-0.2, -0.15) is 11.8 Å². The SMILES string of the molecule is CO[Si](C)(C)CCCSCC(C)C(C)=O. The fourth-order valence-electron chi connectivity index (χ4n) is 1.08. The van der Waals surface area contributed by atoms with Crippen molar-refractivity contribution in [1.82, 2.24) is 0 Å². The van der Waals surface area contributed by atoms with Crippen LogP contribution in [0.25, 0.3) is 0 Å². The molecule has 0 rings (SSSR count). The van der Waals surface area contributed by atoms with E-state index in [1.165, 1.54) is 12.5 Å². The van der Waals surface area contributed by atoms with Gasteiger partial charge in [0, 0.05) is 18.8 Å². The summed E-state index contributed by atoms with van der Waals surface area (Å²) in [5.74, 6) is 2.62. The quantitative estimate of drug-likeness (QED) is 0.487. The highest BCUT2D eigenvalue weighted by Crippen LogP contribution is 2.17.